The normalized spacial score (nSPS) is 32.5. The van der Waals surface area contributed by atoms with E-state index in [4.69, 9.17) is 13.1 Å². The van der Waals surface area contributed by atoms with Gasteiger partial charge in [0.2, 0.25) is 0 Å². The Balaban J connectivity index is 1.69. The van der Waals surface area contributed by atoms with Crippen molar-refractivity contribution in [3.63, 3.8) is 0 Å². The fourth-order valence-corrected chi connectivity index (χ4v) is 1.86. The van der Waals surface area contributed by atoms with Gasteiger partial charge in [-0.3, -0.25) is 13.3 Å². The van der Waals surface area contributed by atoms with Crippen LogP contribution in [0, 0.1) is 0 Å². The van der Waals surface area contributed by atoms with Gasteiger partial charge in [0, 0.05) is 19.6 Å². The second-order valence-corrected chi connectivity index (χ2v) is 3.55. The Hall–Kier alpha value is 0.190. The molecular formula is C7H13NO3S. The maximum atomic E-state index is 5.27. The molecule has 0 spiro atoms. The molecule has 0 aromatic heterocycles. The highest BCUT2D eigenvalue weighted by Gasteiger charge is 2.22. The number of morpholine rings is 1. The molecule has 0 N–H and O–H groups in total. The molecule has 0 aromatic carbocycles. The zero-order chi connectivity index (χ0) is 8.23. The Morgan fingerprint density at radius 3 is 2.83 bits per heavy atom. The third-order valence-electron chi connectivity index (χ3n) is 2.04. The molecule has 2 aliphatic heterocycles. The molecule has 2 saturated heterocycles. The van der Waals surface area contributed by atoms with Crippen molar-refractivity contribution < 1.29 is 13.1 Å². The van der Waals surface area contributed by atoms with Gasteiger partial charge < -0.3 is 4.74 Å². The molecular weight excluding hydrogens is 178 g/mol. The Kier molecular flexibility index (Phi) is 3.24. The quantitative estimate of drug-likeness (QED) is 0.586. The van der Waals surface area contributed by atoms with Gasteiger partial charge in [-0.25, -0.2) is 0 Å². The number of rotatable bonds is 2. The summed E-state index contributed by atoms with van der Waals surface area (Å²) in [6, 6.07) is 0. The molecule has 0 amide bonds. The molecule has 70 valence electrons. The van der Waals surface area contributed by atoms with E-state index in [0.29, 0.717) is 6.61 Å². The summed E-state index contributed by atoms with van der Waals surface area (Å²) >= 11 is 1.11. The predicted octanol–water partition coefficient (Wildman–Crippen LogP) is 0.297. The lowest BCUT2D eigenvalue weighted by Gasteiger charge is -2.27. The minimum Gasteiger partial charge on any atom is -0.379 e. The van der Waals surface area contributed by atoms with Crippen LogP contribution in [-0.4, -0.2) is 50.5 Å². The monoisotopic (exact) mass is 191 g/mol. The zero-order valence-electron chi connectivity index (χ0n) is 6.90. The van der Waals surface area contributed by atoms with Gasteiger partial charge in [0.05, 0.1) is 19.8 Å². The largest absolute Gasteiger partial charge is 0.379 e. The van der Waals surface area contributed by atoms with Crippen LogP contribution in [0.4, 0.5) is 0 Å². The second-order valence-electron chi connectivity index (χ2n) is 2.98. The number of hydrogen-bond donors (Lipinski definition) is 0. The van der Waals surface area contributed by atoms with Crippen LogP contribution in [0.15, 0.2) is 0 Å². The highest BCUT2D eigenvalue weighted by Crippen LogP contribution is 2.19. The average molecular weight is 191 g/mol. The molecule has 5 heteroatoms. The van der Waals surface area contributed by atoms with Gasteiger partial charge in [-0.05, 0) is 0 Å². The van der Waals surface area contributed by atoms with Crippen molar-refractivity contribution in [3.05, 3.63) is 0 Å². The summed E-state index contributed by atoms with van der Waals surface area (Å²) in [5.41, 5.74) is 0. The lowest BCUT2D eigenvalue weighted by molar-refractivity contribution is 0.0227. The maximum Gasteiger partial charge on any atom is 0.159 e. The average Bonchev–Trinajstić information content (AvgIpc) is 2.59. The molecule has 0 aromatic rings. The molecule has 0 aliphatic carbocycles. The molecule has 1 atom stereocenters. The standard InChI is InChI=1S/C7H13NO3S/c1-3-9-4-2-8(1)5-7-6-10-12-11-7/h7H,1-6H2. The van der Waals surface area contributed by atoms with Crippen LogP contribution in [0.25, 0.3) is 0 Å². The summed E-state index contributed by atoms with van der Waals surface area (Å²) in [6.07, 6.45) is 0.244. The minimum absolute atomic E-state index is 0.244. The SMILES string of the molecule is C1CN(CC2COSO2)CCO1. The number of hydrogen-bond acceptors (Lipinski definition) is 5. The van der Waals surface area contributed by atoms with Crippen molar-refractivity contribution in [1.29, 1.82) is 0 Å². The lowest BCUT2D eigenvalue weighted by atomic mass is 10.3. The Bertz CT molecular complexity index is 135. The first-order valence-electron chi connectivity index (χ1n) is 4.20. The topological polar surface area (TPSA) is 30.9 Å². The molecule has 2 fully saturated rings. The molecule has 2 heterocycles. The van der Waals surface area contributed by atoms with Crippen LogP contribution in [0.1, 0.15) is 0 Å². The van der Waals surface area contributed by atoms with Gasteiger partial charge in [-0.15, -0.1) is 0 Å². The van der Waals surface area contributed by atoms with Crippen molar-refractivity contribution in [2.45, 2.75) is 6.10 Å². The Labute approximate surface area is 76.6 Å². The molecule has 2 aliphatic rings. The van der Waals surface area contributed by atoms with E-state index in [0.717, 1.165) is 45.2 Å². The fourth-order valence-electron chi connectivity index (χ4n) is 1.37. The third kappa shape index (κ3) is 2.34. The van der Waals surface area contributed by atoms with Gasteiger partial charge in [-0.2, -0.15) is 0 Å². The van der Waals surface area contributed by atoms with Crippen LogP contribution in [0.5, 0.6) is 0 Å². The molecule has 12 heavy (non-hydrogen) atoms. The first-order valence-corrected chi connectivity index (χ1v) is 4.87. The van der Waals surface area contributed by atoms with E-state index in [1.54, 1.807) is 0 Å². The number of ether oxygens (including phenoxy) is 1. The van der Waals surface area contributed by atoms with E-state index < -0.39 is 0 Å². The molecule has 1 unspecified atom stereocenters. The zero-order valence-corrected chi connectivity index (χ0v) is 7.72. The van der Waals surface area contributed by atoms with Crippen LogP contribution < -0.4 is 0 Å². The smallest absolute Gasteiger partial charge is 0.159 e. The summed E-state index contributed by atoms with van der Waals surface area (Å²) in [6.45, 7) is 5.41. The van der Waals surface area contributed by atoms with Crippen LogP contribution >= 0.6 is 12.3 Å². The van der Waals surface area contributed by atoms with Crippen molar-refractivity contribution in [1.82, 2.24) is 4.90 Å². The predicted molar refractivity (Wildman–Crippen MR) is 45.7 cm³/mol. The molecule has 0 bridgehead atoms. The third-order valence-corrected chi connectivity index (χ3v) is 2.63. The maximum absolute atomic E-state index is 5.27. The second kappa shape index (κ2) is 4.43. The van der Waals surface area contributed by atoms with E-state index in [-0.39, 0.29) is 6.10 Å². The summed E-state index contributed by atoms with van der Waals surface area (Å²) in [4.78, 5) is 2.35. The Morgan fingerprint density at radius 1 is 1.33 bits per heavy atom. The van der Waals surface area contributed by atoms with Crippen LogP contribution in [-0.2, 0) is 13.1 Å². The van der Waals surface area contributed by atoms with Gasteiger partial charge in [0.1, 0.15) is 6.10 Å². The van der Waals surface area contributed by atoms with Gasteiger partial charge in [0.15, 0.2) is 12.3 Å². The summed E-state index contributed by atoms with van der Waals surface area (Å²) < 4.78 is 15.5. The summed E-state index contributed by atoms with van der Waals surface area (Å²) in [5.74, 6) is 0. The molecule has 4 nitrogen and oxygen atoms in total. The van der Waals surface area contributed by atoms with Crippen molar-refractivity contribution >= 4 is 12.3 Å². The van der Waals surface area contributed by atoms with E-state index in [9.17, 15) is 0 Å². The van der Waals surface area contributed by atoms with E-state index in [2.05, 4.69) is 4.90 Å². The van der Waals surface area contributed by atoms with Gasteiger partial charge >= 0.3 is 0 Å². The van der Waals surface area contributed by atoms with Crippen LogP contribution in [0.2, 0.25) is 0 Å². The minimum atomic E-state index is 0.244. The lowest BCUT2D eigenvalue weighted by Crippen LogP contribution is -2.41. The van der Waals surface area contributed by atoms with E-state index >= 15 is 0 Å². The highest BCUT2D eigenvalue weighted by molar-refractivity contribution is 7.90. The Morgan fingerprint density at radius 2 is 2.17 bits per heavy atom. The van der Waals surface area contributed by atoms with E-state index in [1.165, 1.54) is 0 Å². The molecule has 0 saturated carbocycles. The first kappa shape index (κ1) is 8.77. The summed E-state index contributed by atoms with van der Waals surface area (Å²) in [5, 5.41) is 0. The van der Waals surface area contributed by atoms with Crippen LogP contribution in [0.3, 0.4) is 0 Å². The molecule has 2 rings (SSSR count). The highest BCUT2D eigenvalue weighted by atomic mass is 32.2. The molecule has 0 radical (unpaired) electrons. The fraction of sp³-hybridized carbons (Fsp3) is 1.00. The van der Waals surface area contributed by atoms with E-state index in [1.807, 2.05) is 0 Å². The van der Waals surface area contributed by atoms with Crippen molar-refractivity contribution in [3.8, 4) is 0 Å². The van der Waals surface area contributed by atoms with Crippen molar-refractivity contribution in [2.75, 3.05) is 39.5 Å². The van der Waals surface area contributed by atoms with Gasteiger partial charge in [-0.1, -0.05) is 0 Å². The first-order chi connectivity index (χ1) is 5.95. The number of nitrogens with zero attached hydrogens (tertiary/aromatic N) is 1. The summed E-state index contributed by atoms with van der Waals surface area (Å²) in [7, 11) is 0. The van der Waals surface area contributed by atoms with Gasteiger partial charge in [0.25, 0.3) is 0 Å². The van der Waals surface area contributed by atoms with Crippen molar-refractivity contribution in [2.24, 2.45) is 0 Å².